The maximum atomic E-state index is 12.6. The molecule has 13 nitrogen and oxygen atoms in total. The second-order valence-electron chi connectivity index (χ2n) is 9.71. The molecule has 0 bridgehead atoms. The van der Waals surface area contributed by atoms with Gasteiger partial charge in [0, 0.05) is 6.92 Å². The molecule has 7 atom stereocenters. The third-order valence-electron chi connectivity index (χ3n) is 6.63. The molecule has 2 aromatic rings. The molecule has 4 rings (SSSR count). The van der Waals surface area contributed by atoms with Crippen LogP contribution in [0.25, 0.3) is 0 Å². The summed E-state index contributed by atoms with van der Waals surface area (Å²) in [5.74, 6) is -1.39. The summed E-state index contributed by atoms with van der Waals surface area (Å²) in [5.41, 5.74) is 1.67. The zero-order chi connectivity index (χ0) is 30.1. The van der Waals surface area contributed by atoms with Crippen LogP contribution in [0.2, 0.25) is 0 Å². The monoisotopic (exact) mass is 586 g/mol. The van der Waals surface area contributed by atoms with Crippen LogP contribution < -0.4 is 10.6 Å². The van der Waals surface area contributed by atoms with E-state index in [4.69, 9.17) is 33.2 Å². The van der Waals surface area contributed by atoms with Crippen molar-refractivity contribution >= 4 is 24.1 Å². The zero-order valence-corrected chi connectivity index (χ0v) is 23.4. The Morgan fingerprint density at radius 2 is 1.64 bits per heavy atom. The van der Waals surface area contributed by atoms with Gasteiger partial charge in [-0.15, -0.1) is 0 Å². The molecule has 0 aromatic heterocycles. The first-order valence-corrected chi connectivity index (χ1v) is 13.4. The Morgan fingerprint density at radius 3 is 2.26 bits per heavy atom. The van der Waals surface area contributed by atoms with Gasteiger partial charge in [-0.2, -0.15) is 0 Å². The van der Waals surface area contributed by atoms with Gasteiger partial charge in [0.2, 0.25) is 0 Å². The van der Waals surface area contributed by atoms with E-state index in [9.17, 15) is 19.2 Å². The van der Waals surface area contributed by atoms with Gasteiger partial charge in [-0.05, 0) is 18.1 Å². The van der Waals surface area contributed by atoms with E-state index in [0.29, 0.717) is 0 Å². The van der Waals surface area contributed by atoms with E-state index in [-0.39, 0.29) is 19.8 Å². The number of carbonyl (C=O) groups is 4. The molecule has 2 aromatic carbocycles. The van der Waals surface area contributed by atoms with Gasteiger partial charge in [0.1, 0.15) is 18.8 Å². The molecule has 226 valence electrons. The molecular weight excluding hydrogens is 552 g/mol. The standard InChI is InChI=1S/C29H34N2O11/c1-17(22(26(33)36-3)30-28(34)38-15-20-12-8-5-9-13-20)39-27-23-25(42-29(35)31-23)24(40-18(2)32)21(41-27)16-37-14-19-10-6-4-7-11-19/h4-13,17,21-25,27H,14-16H2,1-3H3,(H,30,34)(H,31,35)/t17-,21-,22+,23-,24+,25-,27+/m1/s1. The first kappa shape index (κ1) is 30.8. The van der Waals surface area contributed by atoms with Crippen molar-refractivity contribution in [2.75, 3.05) is 13.7 Å². The molecule has 2 N–H and O–H groups in total. The average molecular weight is 587 g/mol. The molecule has 13 heteroatoms. The Labute approximate surface area is 242 Å². The van der Waals surface area contributed by atoms with Gasteiger partial charge >= 0.3 is 24.1 Å². The van der Waals surface area contributed by atoms with Gasteiger partial charge in [-0.1, -0.05) is 60.7 Å². The number of carbonyl (C=O) groups excluding carboxylic acids is 4. The highest BCUT2D eigenvalue weighted by Gasteiger charge is 2.55. The fourth-order valence-corrected chi connectivity index (χ4v) is 4.62. The molecule has 0 unspecified atom stereocenters. The largest absolute Gasteiger partial charge is 0.467 e. The van der Waals surface area contributed by atoms with Gasteiger partial charge in [-0.3, -0.25) is 4.79 Å². The Bertz CT molecular complexity index is 1210. The summed E-state index contributed by atoms with van der Waals surface area (Å²) in [5, 5.41) is 5.07. The summed E-state index contributed by atoms with van der Waals surface area (Å²) in [4.78, 5) is 49.3. The van der Waals surface area contributed by atoms with Gasteiger partial charge in [0.25, 0.3) is 0 Å². The van der Waals surface area contributed by atoms with Crippen molar-refractivity contribution < 1.29 is 52.3 Å². The Hall–Kier alpha value is -4.20. The third kappa shape index (κ3) is 8.18. The van der Waals surface area contributed by atoms with Gasteiger partial charge in [0.15, 0.2) is 24.5 Å². The fraction of sp³-hybridized carbons (Fsp3) is 0.448. The smallest absolute Gasteiger partial charge is 0.408 e. The zero-order valence-electron chi connectivity index (χ0n) is 23.4. The number of benzene rings is 2. The van der Waals surface area contributed by atoms with Crippen LogP contribution in [-0.2, 0) is 56.0 Å². The van der Waals surface area contributed by atoms with E-state index < -0.39 is 66.9 Å². The number of amides is 2. The van der Waals surface area contributed by atoms with E-state index in [0.717, 1.165) is 11.1 Å². The fourth-order valence-electron chi connectivity index (χ4n) is 4.62. The summed E-state index contributed by atoms with van der Waals surface area (Å²) in [6, 6.07) is 16.2. The van der Waals surface area contributed by atoms with E-state index in [1.807, 2.05) is 36.4 Å². The molecule has 2 amide bonds. The minimum absolute atomic E-state index is 0.0170. The van der Waals surface area contributed by atoms with E-state index >= 15 is 0 Å². The topological polar surface area (TPSA) is 157 Å². The Balaban J connectivity index is 1.45. The van der Waals surface area contributed by atoms with Crippen molar-refractivity contribution in [1.29, 1.82) is 0 Å². The molecule has 0 spiro atoms. The molecule has 2 fully saturated rings. The molecule has 0 radical (unpaired) electrons. The maximum Gasteiger partial charge on any atom is 0.408 e. The number of hydrogen-bond donors (Lipinski definition) is 2. The highest BCUT2D eigenvalue weighted by Crippen LogP contribution is 2.31. The van der Waals surface area contributed by atoms with Crippen molar-refractivity contribution in [2.24, 2.45) is 0 Å². The van der Waals surface area contributed by atoms with Crippen molar-refractivity contribution in [3.63, 3.8) is 0 Å². The van der Waals surface area contributed by atoms with Crippen LogP contribution in [0.4, 0.5) is 9.59 Å². The lowest BCUT2D eigenvalue weighted by Crippen LogP contribution is -2.63. The number of esters is 2. The summed E-state index contributed by atoms with van der Waals surface area (Å²) in [6.07, 6.45) is -6.71. The number of alkyl carbamates (subject to hydrolysis) is 2. The predicted octanol–water partition coefficient (Wildman–Crippen LogP) is 2.21. The maximum absolute atomic E-state index is 12.6. The normalized spacial score (nSPS) is 24.3. The lowest BCUT2D eigenvalue weighted by atomic mass is 9.97. The second-order valence-corrected chi connectivity index (χ2v) is 9.71. The molecule has 0 aliphatic carbocycles. The number of methoxy groups -OCH3 is 1. The average Bonchev–Trinajstić information content (AvgIpc) is 3.38. The van der Waals surface area contributed by atoms with E-state index in [2.05, 4.69) is 10.6 Å². The number of hydrogen-bond acceptors (Lipinski definition) is 11. The predicted molar refractivity (Wildman–Crippen MR) is 144 cm³/mol. The first-order chi connectivity index (χ1) is 20.2. The first-order valence-electron chi connectivity index (χ1n) is 13.4. The van der Waals surface area contributed by atoms with Crippen molar-refractivity contribution in [2.45, 2.75) is 69.9 Å². The third-order valence-corrected chi connectivity index (χ3v) is 6.63. The highest BCUT2D eigenvalue weighted by atomic mass is 16.7. The summed E-state index contributed by atoms with van der Waals surface area (Å²) in [7, 11) is 1.17. The van der Waals surface area contributed by atoms with Crippen LogP contribution in [0.3, 0.4) is 0 Å². The Morgan fingerprint density at radius 1 is 1.00 bits per heavy atom. The molecule has 2 aliphatic heterocycles. The highest BCUT2D eigenvalue weighted by molar-refractivity contribution is 5.81. The van der Waals surface area contributed by atoms with Gasteiger partial charge in [-0.25, -0.2) is 14.4 Å². The molecule has 0 saturated carbocycles. The van der Waals surface area contributed by atoms with Crippen molar-refractivity contribution in [3.05, 3.63) is 71.8 Å². The van der Waals surface area contributed by atoms with E-state index in [1.165, 1.54) is 21.0 Å². The second kappa shape index (κ2) is 14.6. The molecule has 42 heavy (non-hydrogen) atoms. The van der Waals surface area contributed by atoms with Crippen molar-refractivity contribution in [1.82, 2.24) is 10.6 Å². The van der Waals surface area contributed by atoms with Crippen LogP contribution in [0.15, 0.2) is 60.7 Å². The SMILES string of the molecule is COC(=O)[C@@H](NC(=O)OCc1ccccc1)[C@@H](C)O[C@H]1O[C@H](COCc2ccccc2)[C@H](OC(C)=O)[C@@H]2OC(=O)N[C@@H]12. The van der Waals surface area contributed by atoms with Crippen LogP contribution in [0, 0.1) is 0 Å². The molecule has 2 aliphatic rings. The molecule has 2 saturated heterocycles. The van der Waals surface area contributed by atoms with Crippen molar-refractivity contribution in [3.8, 4) is 0 Å². The summed E-state index contributed by atoms with van der Waals surface area (Å²) in [6.45, 7) is 2.95. The molecule has 2 heterocycles. The quantitative estimate of drug-likeness (QED) is 0.278. The number of ether oxygens (including phenoxy) is 7. The summed E-state index contributed by atoms with van der Waals surface area (Å²) >= 11 is 0. The summed E-state index contributed by atoms with van der Waals surface area (Å²) < 4.78 is 39.0. The minimum atomic E-state index is -1.29. The number of rotatable bonds is 12. The molecular formula is C29H34N2O11. The minimum Gasteiger partial charge on any atom is -0.467 e. The lowest BCUT2D eigenvalue weighted by Gasteiger charge is -2.42. The van der Waals surface area contributed by atoms with Gasteiger partial charge in [0.05, 0.1) is 26.4 Å². The van der Waals surface area contributed by atoms with Gasteiger partial charge < -0.3 is 43.8 Å². The van der Waals surface area contributed by atoms with Crippen LogP contribution in [-0.4, -0.2) is 80.6 Å². The van der Waals surface area contributed by atoms with E-state index in [1.54, 1.807) is 24.3 Å². The van der Waals surface area contributed by atoms with Crippen LogP contribution in [0.1, 0.15) is 25.0 Å². The Kier molecular flexibility index (Phi) is 10.7. The number of nitrogens with one attached hydrogen (secondary N) is 2. The lowest BCUT2D eigenvalue weighted by molar-refractivity contribution is -0.277. The van der Waals surface area contributed by atoms with Crippen LogP contribution in [0.5, 0.6) is 0 Å². The number of fused-ring (bicyclic) bond motifs is 1. The van der Waals surface area contributed by atoms with Crippen LogP contribution >= 0.6 is 0 Å².